The summed E-state index contributed by atoms with van der Waals surface area (Å²) >= 11 is 4.55. The predicted octanol–water partition coefficient (Wildman–Crippen LogP) is 2.96. The van der Waals surface area contributed by atoms with Crippen molar-refractivity contribution in [2.75, 3.05) is 11.9 Å². The van der Waals surface area contributed by atoms with Crippen molar-refractivity contribution in [3.63, 3.8) is 0 Å². The fraction of sp³-hybridized carbons (Fsp3) is 0.235. The maximum Gasteiger partial charge on any atom is 0.279 e. The Bertz CT molecular complexity index is 832. The van der Waals surface area contributed by atoms with E-state index in [0.717, 1.165) is 16.6 Å². The van der Waals surface area contributed by atoms with Gasteiger partial charge in [0.1, 0.15) is 0 Å². The summed E-state index contributed by atoms with van der Waals surface area (Å²) in [5.74, 6) is -0.815. The molecule has 3 amide bonds. The molecular weight excluding hydrogens is 406 g/mol. The average molecular weight is 422 g/mol. The van der Waals surface area contributed by atoms with Crippen molar-refractivity contribution in [1.82, 2.24) is 10.9 Å². The summed E-state index contributed by atoms with van der Waals surface area (Å²) in [6, 6.07) is 10.2. The number of nitrogens with zero attached hydrogens (tertiary/aromatic N) is 1. The third-order valence-electron chi connectivity index (χ3n) is 3.85. The van der Waals surface area contributed by atoms with Gasteiger partial charge in [-0.1, -0.05) is 12.1 Å². The van der Waals surface area contributed by atoms with Crippen LogP contribution in [-0.4, -0.2) is 24.8 Å². The van der Waals surface area contributed by atoms with Crippen LogP contribution < -0.4 is 15.8 Å². The number of para-hydroxylation sites is 1. The first-order valence-corrected chi connectivity index (χ1v) is 9.31. The van der Waals surface area contributed by atoms with Crippen LogP contribution in [0.3, 0.4) is 0 Å². The Morgan fingerprint density at radius 2 is 1.76 bits per heavy atom. The van der Waals surface area contributed by atoms with Crippen LogP contribution >= 0.6 is 27.3 Å². The number of anilines is 1. The maximum absolute atomic E-state index is 12.4. The van der Waals surface area contributed by atoms with Gasteiger partial charge in [-0.25, -0.2) is 0 Å². The molecule has 1 saturated carbocycles. The van der Waals surface area contributed by atoms with Crippen LogP contribution in [0.15, 0.2) is 40.2 Å². The van der Waals surface area contributed by atoms with Crippen molar-refractivity contribution in [2.24, 2.45) is 5.92 Å². The lowest BCUT2D eigenvalue weighted by molar-refractivity contribution is -0.119. The van der Waals surface area contributed by atoms with E-state index in [4.69, 9.17) is 0 Å². The molecule has 0 bridgehead atoms. The summed E-state index contributed by atoms with van der Waals surface area (Å²) in [5.41, 5.74) is 5.63. The molecule has 2 N–H and O–H groups in total. The molecule has 1 aliphatic carbocycles. The lowest BCUT2D eigenvalue weighted by Crippen LogP contribution is -2.42. The van der Waals surface area contributed by atoms with E-state index in [0.29, 0.717) is 16.1 Å². The number of nitrogens with one attached hydrogen (secondary N) is 2. The molecular formula is C17H16BrN3O3S. The Labute approximate surface area is 157 Å². The molecule has 2 aromatic rings. The molecule has 1 aliphatic rings. The van der Waals surface area contributed by atoms with Gasteiger partial charge >= 0.3 is 0 Å². The number of rotatable bonds is 4. The van der Waals surface area contributed by atoms with E-state index < -0.39 is 11.8 Å². The number of thiophene rings is 1. The fourth-order valence-electron chi connectivity index (χ4n) is 2.36. The van der Waals surface area contributed by atoms with Gasteiger partial charge in [-0.2, -0.15) is 0 Å². The minimum atomic E-state index is -0.477. The molecule has 0 spiro atoms. The number of hydrogen-bond acceptors (Lipinski definition) is 4. The second-order valence-electron chi connectivity index (χ2n) is 5.70. The molecule has 25 heavy (non-hydrogen) atoms. The highest BCUT2D eigenvalue weighted by atomic mass is 79.9. The van der Waals surface area contributed by atoms with Crippen molar-refractivity contribution in [2.45, 2.75) is 12.8 Å². The smallest absolute Gasteiger partial charge is 0.279 e. The summed E-state index contributed by atoms with van der Waals surface area (Å²) in [7, 11) is 1.66. The quantitative estimate of drug-likeness (QED) is 0.744. The molecule has 1 heterocycles. The third-order valence-corrected chi connectivity index (χ3v) is 5.48. The highest BCUT2D eigenvalue weighted by molar-refractivity contribution is 9.11. The monoisotopic (exact) mass is 421 g/mol. The Balaban J connectivity index is 1.69. The molecule has 0 unspecified atom stereocenters. The molecule has 0 atom stereocenters. The highest BCUT2D eigenvalue weighted by Crippen LogP contribution is 2.33. The van der Waals surface area contributed by atoms with E-state index >= 15 is 0 Å². The van der Waals surface area contributed by atoms with Gasteiger partial charge in [0.2, 0.25) is 5.91 Å². The number of halogens is 1. The van der Waals surface area contributed by atoms with Gasteiger partial charge in [0.05, 0.1) is 19.9 Å². The molecule has 130 valence electrons. The largest absolute Gasteiger partial charge is 0.314 e. The van der Waals surface area contributed by atoms with Gasteiger partial charge in [-0.15, -0.1) is 11.3 Å². The van der Waals surface area contributed by atoms with E-state index in [1.807, 2.05) is 0 Å². The number of amides is 3. The number of hydrogen-bond donors (Lipinski definition) is 2. The average Bonchev–Trinajstić information content (AvgIpc) is 3.39. The van der Waals surface area contributed by atoms with Crippen LogP contribution in [0.5, 0.6) is 0 Å². The van der Waals surface area contributed by atoms with E-state index in [1.165, 1.54) is 16.2 Å². The van der Waals surface area contributed by atoms with Gasteiger partial charge < -0.3 is 4.90 Å². The summed E-state index contributed by atoms with van der Waals surface area (Å²) < 4.78 is 0.828. The minimum Gasteiger partial charge on any atom is -0.314 e. The summed E-state index contributed by atoms with van der Waals surface area (Å²) in [6.07, 6.45) is 1.79. The first-order chi connectivity index (χ1) is 12.0. The molecule has 1 aromatic heterocycles. The second-order valence-corrected chi connectivity index (χ2v) is 8.16. The Hall–Kier alpha value is -2.19. The first-order valence-electron chi connectivity index (χ1n) is 7.70. The minimum absolute atomic E-state index is 0.00715. The molecule has 1 fully saturated rings. The lowest BCUT2D eigenvalue weighted by Gasteiger charge is -2.20. The van der Waals surface area contributed by atoms with Crippen molar-refractivity contribution in [1.29, 1.82) is 0 Å². The van der Waals surface area contributed by atoms with E-state index in [2.05, 4.69) is 26.8 Å². The molecule has 0 aliphatic heterocycles. The van der Waals surface area contributed by atoms with Crippen LogP contribution in [0.4, 0.5) is 5.69 Å². The summed E-state index contributed by atoms with van der Waals surface area (Å²) in [4.78, 5) is 38.7. The molecule has 0 radical (unpaired) electrons. The Kier molecular flexibility index (Phi) is 5.19. The molecule has 8 heteroatoms. The van der Waals surface area contributed by atoms with E-state index in [-0.39, 0.29) is 11.8 Å². The standard InChI is InChI=1S/C17H16BrN3O3S/c1-21(17(24)10-6-7-10)12-5-3-2-4-11(12)15(22)19-20-16(23)13-8-9-14(18)25-13/h2-5,8-10H,6-7H2,1H3,(H,19,22)(H,20,23). The zero-order chi connectivity index (χ0) is 18.0. The van der Waals surface area contributed by atoms with Gasteiger partial charge in [0, 0.05) is 13.0 Å². The van der Waals surface area contributed by atoms with Crippen LogP contribution in [0, 0.1) is 5.92 Å². The maximum atomic E-state index is 12.4. The van der Waals surface area contributed by atoms with Crippen molar-refractivity contribution < 1.29 is 14.4 Å². The molecule has 3 rings (SSSR count). The predicted molar refractivity (Wildman–Crippen MR) is 99.5 cm³/mol. The van der Waals surface area contributed by atoms with Crippen molar-refractivity contribution >= 4 is 50.7 Å². The zero-order valence-corrected chi connectivity index (χ0v) is 15.8. The lowest BCUT2D eigenvalue weighted by atomic mass is 10.1. The van der Waals surface area contributed by atoms with Gasteiger partial charge in [0.15, 0.2) is 0 Å². The van der Waals surface area contributed by atoms with Gasteiger partial charge in [0.25, 0.3) is 11.8 Å². The summed E-state index contributed by atoms with van der Waals surface area (Å²) in [6.45, 7) is 0. The molecule has 1 aromatic carbocycles. The number of hydrazine groups is 1. The first kappa shape index (κ1) is 17.6. The van der Waals surface area contributed by atoms with Crippen LogP contribution in [-0.2, 0) is 4.79 Å². The Morgan fingerprint density at radius 3 is 2.40 bits per heavy atom. The second kappa shape index (κ2) is 7.37. The van der Waals surface area contributed by atoms with Gasteiger partial charge in [-0.3, -0.25) is 25.2 Å². The van der Waals surface area contributed by atoms with Crippen molar-refractivity contribution in [3.8, 4) is 0 Å². The van der Waals surface area contributed by atoms with E-state index in [9.17, 15) is 14.4 Å². The van der Waals surface area contributed by atoms with Crippen molar-refractivity contribution in [3.05, 3.63) is 50.6 Å². The Morgan fingerprint density at radius 1 is 1.08 bits per heavy atom. The zero-order valence-electron chi connectivity index (χ0n) is 13.4. The SMILES string of the molecule is CN(C(=O)C1CC1)c1ccccc1C(=O)NNC(=O)c1ccc(Br)s1. The van der Waals surface area contributed by atoms with Gasteiger partial charge in [-0.05, 0) is 53.0 Å². The fourth-order valence-corrected chi connectivity index (χ4v) is 3.64. The van der Waals surface area contributed by atoms with E-state index in [1.54, 1.807) is 43.4 Å². The normalized spacial score (nSPS) is 13.2. The number of carbonyl (C=O) groups is 3. The summed E-state index contributed by atoms with van der Waals surface area (Å²) in [5, 5.41) is 0. The van der Waals surface area contributed by atoms with Crippen LogP contribution in [0.2, 0.25) is 0 Å². The molecule has 6 nitrogen and oxygen atoms in total. The topological polar surface area (TPSA) is 78.5 Å². The number of carbonyl (C=O) groups excluding carboxylic acids is 3. The van der Waals surface area contributed by atoms with Crippen LogP contribution in [0.1, 0.15) is 32.9 Å². The molecule has 0 saturated heterocycles. The number of benzene rings is 1. The third kappa shape index (κ3) is 4.08. The van der Waals surface area contributed by atoms with Crippen LogP contribution in [0.25, 0.3) is 0 Å². The highest BCUT2D eigenvalue weighted by Gasteiger charge is 2.33.